The number of carbonyl (C=O) groups excluding carboxylic acids is 4. The normalized spacial score (nSPS) is 14.6. The Morgan fingerprint density at radius 1 is 0.273 bits per heavy atom. The lowest BCUT2D eigenvalue weighted by Crippen LogP contribution is -2.30. The Morgan fingerprint density at radius 3 is 0.809 bits per heavy atom. The number of unbranched alkanes of at least 4 members (excludes halogenated alkanes) is 25. The van der Waals surface area contributed by atoms with Crippen LogP contribution in [0.5, 0.6) is 0 Å². The lowest BCUT2D eigenvalue weighted by atomic mass is 10.1. The van der Waals surface area contributed by atoms with Crippen LogP contribution in [0.1, 0.15) is 323 Å². The van der Waals surface area contributed by atoms with Gasteiger partial charge in [-0.05, 0) is 161 Å². The van der Waals surface area contributed by atoms with Crippen molar-refractivity contribution in [3.05, 3.63) is 170 Å². The summed E-state index contributed by atoms with van der Waals surface area (Å²) in [5.74, 6) is -2.37. The summed E-state index contributed by atoms with van der Waals surface area (Å²) in [6.45, 7) is 4.45. The Hall–Kier alpha value is -5.58. The summed E-state index contributed by atoms with van der Waals surface area (Å²) in [5.41, 5.74) is 0. The molecule has 0 aliphatic rings. The predicted molar refractivity (Wildman–Crippen MR) is 454 cm³/mol. The van der Waals surface area contributed by atoms with Crippen molar-refractivity contribution in [3.8, 4) is 0 Å². The first-order valence-corrected chi connectivity index (χ1v) is 45.4. The maximum absolute atomic E-state index is 13.1. The number of rotatable bonds is 78. The van der Waals surface area contributed by atoms with Gasteiger partial charge in [0, 0.05) is 19.3 Å². The zero-order chi connectivity index (χ0) is 80.3. The van der Waals surface area contributed by atoms with Crippen LogP contribution in [0.4, 0.5) is 0 Å². The summed E-state index contributed by atoms with van der Waals surface area (Å²) in [5, 5.41) is 10.7. The van der Waals surface area contributed by atoms with Gasteiger partial charge in [-0.2, -0.15) is 0 Å². The first kappa shape index (κ1) is 104. The number of allylic oxidation sites excluding steroid dienone is 27. The van der Waals surface area contributed by atoms with E-state index in [9.17, 15) is 43.2 Å². The third-order valence-electron chi connectivity index (χ3n) is 17.2. The van der Waals surface area contributed by atoms with Crippen LogP contribution in [-0.2, 0) is 65.4 Å². The first-order valence-electron chi connectivity index (χ1n) is 42.4. The second-order valence-corrected chi connectivity index (χ2v) is 30.6. The summed E-state index contributed by atoms with van der Waals surface area (Å²) in [6.07, 6.45) is 97.7. The molecular weight excluding hydrogens is 1430 g/mol. The number of hydrogen-bond acceptors (Lipinski definition) is 15. The SMILES string of the molecule is CC/C=C\C/C=C\C/C=C\C/C=C\C/C=C\CC(=O)OC(COC(=O)CCCCCCCCC/C=C\C/C=C\C/C=C\CC)COP(=O)(O)OCC(O)COP(=O)(O)OCC(COC(=O)CCCCCCCC/C=C\C/C=C\C/C=C\CCCCC)OC(=O)CCCCCCCC/C=C\C/C=C\C/C=C\CCCCC. The molecule has 0 radical (unpaired) electrons. The van der Waals surface area contributed by atoms with Crippen molar-refractivity contribution in [3.63, 3.8) is 0 Å². The smallest absolute Gasteiger partial charge is 0.462 e. The molecule has 0 bridgehead atoms. The summed E-state index contributed by atoms with van der Waals surface area (Å²) in [6, 6.07) is 0. The van der Waals surface area contributed by atoms with Crippen LogP contribution in [0.2, 0.25) is 0 Å². The molecule has 0 heterocycles. The lowest BCUT2D eigenvalue weighted by Gasteiger charge is -2.21. The van der Waals surface area contributed by atoms with E-state index in [4.69, 9.17) is 37.0 Å². The van der Waals surface area contributed by atoms with Crippen molar-refractivity contribution in [2.45, 2.75) is 341 Å². The molecule has 0 rings (SSSR count). The standard InChI is InChI=1S/C91H150O17P2/c1-5-9-13-17-21-25-29-33-37-40-42-45-49-52-56-60-64-68-72-76-89(94)102-82-87(108-91(96)78-74-70-66-62-58-54-50-46-43-41-38-34-30-26-22-18-14-10-6-2)84-106-110(99,100)104-80-85(92)79-103-109(97,98)105-83-86(107-90(95)77-73-69-65-61-57-53-47-36-32-28-24-20-16-12-8-4)81-101-88(93)75-71-67-63-59-55-51-48-44-39-35-31-27-23-19-15-11-7-3/h11-12,15-16,21-28,33-39,42-43,45-47,57,61,69,73,85-87,92H,5-10,13-14,17-20,29-32,40-41,44,48-56,58-60,62-68,70-72,74-84H2,1-4H3,(H,97,98)(H,99,100)/b15-11-,16-12-,25-21-,26-22-,27-23-,28-24-,37-33-,38-34-,39-35-,45-42-,46-43-,47-36-,61-57-,73-69-. The molecule has 5 atom stereocenters. The van der Waals surface area contributed by atoms with E-state index in [1.54, 1.807) is 12.2 Å². The number of hydrogen-bond donors (Lipinski definition) is 3. The highest BCUT2D eigenvalue weighted by Crippen LogP contribution is 2.45. The van der Waals surface area contributed by atoms with Gasteiger partial charge in [-0.3, -0.25) is 37.3 Å². The van der Waals surface area contributed by atoms with Crippen LogP contribution >= 0.6 is 15.6 Å². The number of phosphoric ester groups is 2. The molecule has 3 N–H and O–H groups in total. The van der Waals surface area contributed by atoms with Crippen molar-refractivity contribution in [2.75, 3.05) is 39.6 Å². The molecule has 0 spiro atoms. The van der Waals surface area contributed by atoms with Gasteiger partial charge in [-0.15, -0.1) is 0 Å². The Labute approximate surface area is 667 Å². The number of carbonyl (C=O) groups is 4. The summed E-state index contributed by atoms with van der Waals surface area (Å²) in [4.78, 5) is 73.2. The lowest BCUT2D eigenvalue weighted by molar-refractivity contribution is -0.161. The monoisotopic (exact) mass is 1580 g/mol. The van der Waals surface area contributed by atoms with E-state index in [-0.39, 0.29) is 25.7 Å². The van der Waals surface area contributed by atoms with Gasteiger partial charge in [-0.1, -0.05) is 307 Å². The van der Waals surface area contributed by atoms with Gasteiger partial charge in [-0.25, -0.2) is 9.13 Å². The van der Waals surface area contributed by atoms with E-state index < -0.39 is 97.5 Å². The molecule has 0 fully saturated rings. The minimum atomic E-state index is -5.02. The highest BCUT2D eigenvalue weighted by Gasteiger charge is 2.30. The third kappa shape index (κ3) is 80.5. The molecule has 0 aliphatic carbocycles. The Morgan fingerprint density at radius 2 is 0.509 bits per heavy atom. The summed E-state index contributed by atoms with van der Waals surface area (Å²) < 4.78 is 68.6. The van der Waals surface area contributed by atoms with Gasteiger partial charge >= 0.3 is 39.5 Å². The molecule has 626 valence electrons. The van der Waals surface area contributed by atoms with Gasteiger partial charge in [0.25, 0.3) is 0 Å². The number of aliphatic hydroxyl groups excluding tert-OH is 1. The molecule has 110 heavy (non-hydrogen) atoms. The fourth-order valence-corrected chi connectivity index (χ4v) is 12.4. The minimum absolute atomic E-state index is 0.0695. The molecule has 0 aromatic heterocycles. The second-order valence-electron chi connectivity index (χ2n) is 27.7. The predicted octanol–water partition coefficient (Wildman–Crippen LogP) is 25.3. The number of aliphatic hydroxyl groups is 1. The van der Waals surface area contributed by atoms with Crippen molar-refractivity contribution < 1.29 is 80.2 Å². The molecule has 17 nitrogen and oxygen atoms in total. The van der Waals surface area contributed by atoms with E-state index >= 15 is 0 Å². The second kappa shape index (κ2) is 81.4. The molecule has 0 aromatic rings. The quantitative estimate of drug-likeness (QED) is 0.0169. The van der Waals surface area contributed by atoms with Gasteiger partial charge in [0.15, 0.2) is 12.2 Å². The van der Waals surface area contributed by atoms with Gasteiger partial charge in [0.1, 0.15) is 19.3 Å². The molecule has 0 saturated carbocycles. The average Bonchev–Trinajstić information content (AvgIpc) is 0.907. The van der Waals surface area contributed by atoms with Crippen molar-refractivity contribution in [2.24, 2.45) is 0 Å². The van der Waals surface area contributed by atoms with Crippen LogP contribution in [-0.4, -0.2) is 96.7 Å². The highest BCUT2D eigenvalue weighted by atomic mass is 31.2. The van der Waals surface area contributed by atoms with Gasteiger partial charge < -0.3 is 33.8 Å². The first-order chi connectivity index (χ1) is 53.7. The minimum Gasteiger partial charge on any atom is -0.462 e. The number of phosphoric acid groups is 2. The van der Waals surface area contributed by atoms with E-state index in [0.29, 0.717) is 25.7 Å². The molecular formula is C91H150O17P2. The average molecular weight is 1580 g/mol. The van der Waals surface area contributed by atoms with E-state index in [1.165, 1.54) is 38.5 Å². The number of ether oxygens (including phenoxy) is 4. The maximum Gasteiger partial charge on any atom is 0.472 e. The van der Waals surface area contributed by atoms with Crippen molar-refractivity contribution >= 4 is 39.5 Å². The van der Waals surface area contributed by atoms with E-state index in [2.05, 4.69) is 174 Å². The fourth-order valence-electron chi connectivity index (χ4n) is 10.8. The highest BCUT2D eigenvalue weighted by molar-refractivity contribution is 7.47. The molecule has 19 heteroatoms. The van der Waals surface area contributed by atoms with Crippen LogP contribution in [0.3, 0.4) is 0 Å². The largest absolute Gasteiger partial charge is 0.472 e. The Kier molecular flexibility index (Phi) is 77.3. The van der Waals surface area contributed by atoms with Gasteiger partial charge in [0.05, 0.1) is 32.8 Å². The molecule has 0 amide bonds. The molecule has 0 aliphatic heterocycles. The zero-order valence-electron chi connectivity index (χ0n) is 68.6. The molecule has 0 aromatic carbocycles. The number of esters is 4. The summed E-state index contributed by atoms with van der Waals surface area (Å²) >= 11 is 0. The Bertz CT molecular complexity index is 2750. The van der Waals surface area contributed by atoms with E-state index in [1.807, 2.05) is 12.2 Å². The topological polar surface area (TPSA) is 237 Å². The van der Waals surface area contributed by atoms with Gasteiger partial charge in [0.2, 0.25) is 0 Å². The van der Waals surface area contributed by atoms with Crippen LogP contribution < -0.4 is 0 Å². The maximum atomic E-state index is 13.1. The molecule has 5 unspecified atom stereocenters. The van der Waals surface area contributed by atoms with Crippen LogP contribution in [0.15, 0.2) is 170 Å². The summed E-state index contributed by atoms with van der Waals surface area (Å²) in [7, 11) is -10.0. The van der Waals surface area contributed by atoms with Crippen LogP contribution in [0, 0.1) is 0 Å². The van der Waals surface area contributed by atoms with Crippen molar-refractivity contribution in [1.29, 1.82) is 0 Å². The van der Waals surface area contributed by atoms with E-state index in [0.717, 1.165) is 205 Å². The Balaban J connectivity index is 5.48. The molecule has 0 saturated heterocycles. The van der Waals surface area contributed by atoms with Crippen molar-refractivity contribution in [1.82, 2.24) is 0 Å². The zero-order valence-corrected chi connectivity index (χ0v) is 70.4. The fraction of sp³-hybridized carbons (Fsp3) is 0.648. The van der Waals surface area contributed by atoms with Crippen LogP contribution in [0.25, 0.3) is 0 Å². The third-order valence-corrected chi connectivity index (χ3v) is 19.1.